The second-order valence-electron chi connectivity index (χ2n) is 3.59. The van der Waals surface area contributed by atoms with E-state index in [4.69, 9.17) is 5.11 Å². The SMILES string of the molecule is O=C(O)[C@H]1CCCCN1c1ncccn1. The van der Waals surface area contributed by atoms with Gasteiger partial charge < -0.3 is 10.0 Å². The molecule has 15 heavy (non-hydrogen) atoms. The molecule has 0 bridgehead atoms. The first-order chi connectivity index (χ1) is 7.29. The van der Waals surface area contributed by atoms with Crippen LogP contribution in [0, 0.1) is 0 Å². The molecule has 1 fully saturated rings. The summed E-state index contributed by atoms with van der Waals surface area (Å²) < 4.78 is 0. The van der Waals surface area contributed by atoms with Crippen LogP contribution in [0.3, 0.4) is 0 Å². The first-order valence-electron chi connectivity index (χ1n) is 5.05. The Labute approximate surface area is 87.8 Å². The van der Waals surface area contributed by atoms with Crippen LogP contribution in [-0.4, -0.2) is 33.6 Å². The zero-order chi connectivity index (χ0) is 10.7. The van der Waals surface area contributed by atoms with Gasteiger partial charge in [-0.2, -0.15) is 0 Å². The van der Waals surface area contributed by atoms with Crippen LogP contribution in [0.5, 0.6) is 0 Å². The molecule has 5 nitrogen and oxygen atoms in total. The van der Waals surface area contributed by atoms with Crippen molar-refractivity contribution in [1.29, 1.82) is 0 Å². The standard InChI is InChI=1S/C10H13N3O2/c14-9(15)8-4-1-2-7-13(8)10-11-5-3-6-12-10/h3,5-6,8H,1-2,4,7H2,(H,14,15)/t8-/m1/s1. The molecule has 0 spiro atoms. The van der Waals surface area contributed by atoms with Crippen molar-refractivity contribution >= 4 is 11.9 Å². The number of carboxylic acids is 1. The molecule has 0 aromatic carbocycles. The Balaban J connectivity index is 2.22. The smallest absolute Gasteiger partial charge is 0.326 e. The molecule has 5 heteroatoms. The van der Waals surface area contributed by atoms with Crippen molar-refractivity contribution < 1.29 is 9.90 Å². The van der Waals surface area contributed by atoms with Crippen molar-refractivity contribution in [1.82, 2.24) is 9.97 Å². The summed E-state index contributed by atoms with van der Waals surface area (Å²) in [7, 11) is 0. The van der Waals surface area contributed by atoms with E-state index in [0.29, 0.717) is 12.4 Å². The van der Waals surface area contributed by atoms with Gasteiger partial charge in [0.1, 0.15) is 6.04 Å². The molecule has 1 aliphatic heterocycles. The van der Waals surface area contributed by atoms with Gasteiger partial charge in [0.15, 0.2) is 0 Å². The summed E-state index contributed by atoms with van der Waals surface area (Å²) in [5, 5.41) is 9.07. The molecule has 1 atom stereocenters. The van der Waals surface area contributed by atoms with Crippen LogP contribution in [0.2, 0.25) is 0 Å². The monoisotopic (exact) mass is 207 g/mol. The summed E-state index contributed by atoms with van der Waals surface area (Å²) in [6.45, 7) is 0.723. The average molecular weight is 207 g/mol. The number of piperidine rings is 1. The largest absolute Gasteiger partial charge is 0.480 e. The van der Waals surface area contributed by atoms with Gasteiger partial charge in [0.25, 0.3) is 0 Å². The van der Waals surface area contributed by atoms with E-state index in [1.165, 1.54) is 0 Å². The first kappa shape index (κ1) is 9.89. The highest BCUT2D eigenvalue weighted by atomic mass is 16.4. The normalized spacial score (nSPS) is 21.3. The third-order valence-corrected chi connectivity index (χ3v) is 2.60. The molecular formula is C10H13N3O2. The van der Waals surface area contributed by atoms with Crippen molar-refractivity contribution in [3.63, 3.8) is 0 Å². The van der Waals surface area contributed by atoms with Crippen LogP contribution >= 0.6 is 0 Å². The van der Waals surface area contributed by atoms with Crippen molar-refractivity contribution in [2.24, 2.45) is 0 Å². The fourth-order valence-electron chi connectivity index (χ4n) is 1.87. The summed E-state index contributed by atoms with van der Waals surface area (Å²) in [5.74, 6) is -0.272. The van der Waals surface area contributed by atoms with E-state index < -0.39 is 12.0 Å². The topological polar surface area (TPSA) is 66.3 Å². The van der Waals surface area contributed by atoms with Gasteiger partial charge in [0.2, 0.25) is 5.95 Å². The van der Waals surface area contributed by atoms with Gasteiger partial charge >= 0.3 is 5.97 Å². The second-order valence-corrected chi connectivity index (χ2v) is 3.59. The van der Waals surface area contributed by atoms with Crippen LogP contribution in [0.1, 0.15) is 19.3 Å². The van der Waals surface area contributed by atoms with E-state index in [2.05, 4.69) is 9.97 Å². The summed E-state index contributed by atoms with van der Waals surface area (Å²) in [4.78, 5) is 21.0. The van der Waals surface area contributed by atoms with E-state index in [-0.39, 0.29) is 0 Å². The number of aliphatic carboxylic acids is 1. The summed E-state index contributed by atoms with van der Waals surface area (Å²) in [6, 6.07) is 1.25. The molecule has 1 aromatic heterocycles. The highest BCUT2D eigenvalue weighted by molar-refractivity contribution is 5.77. The maximum atomic E-state index is 11.0. The molecule has 1 aliphatic rings. The van der Waals surface area contributed by atoms with Crippen LogP contribution in [0.25, 0.3) is 0 Å². The molecule has 0 unspecified atom stereocenters. The molecule has 1 N–H and O–H groups in total. The van der Waals surface area contributed by atoms with E-state index in [1.807, 2.05) is 0 Å². The number of hydrogen-bond acceptors (Lipinski definition) is 4. The molecular weight excluding hydrogens is 194 g/mol. The lowest BCUT2D eigenvalue weighted by molar-refractivity contribution is -0.139. The van der Waals surface area contributed by atoms with E-state index >= 15 is 0 Å². The van der Waals surface area contributed by atoms with E-state index in [9.17, 15) is 4.79 Å². The van der Waals surface area contributed by atoms with Crippen molar-refractivity contribution in [3.05, 3.63) is 18.5 Å². The number of rotatable bonds is 2. The third-order valence-electron chi connectivity index (χ3n) is 2.60. The lowest BCUT2D eigenvalue weighted by atomic mass is 10.0. The van der Waals surface area contributed by atoms with Gasteiger partial charge in [-0.15, -0.1) is 0 Å². The summed E-state index contributed by atoms with van der Waals surface area (Å²) in [6.07, 6.45) is 5.90. The molecule has 2 rings (SSSR count). The molecule has 80 valence electrons. The van der Waals surface area contributed by atoms with Crippen LogP contribution in [-0.2, 0) is 4.79 Å². The molecule has 0 saturated carbocycles. The van der Waals surface area contributed by atoms with Crippen LogP contribution < -0.4 is 4.90 Å². The first-order valence-corrected chi connectivity index (χ1v) is 5.05. The minimum Gasteiger partial charge on any atom is -0.480 e. The fourth-order valence-corrected chi connectivity index (χ4v) is 1.87. The number of hydrogen-bond donors (Lipinski definition) is 1. The quantitative estimate of drug-likeness (QED) is 0.781. The second kappa shape index (κ2) is 4.25. The highest BCUT2D eigenvalue weighted by Gasteiger charge is 2.29. The Bertz CT molecular complexity index is 342. The lowest BCUT2D eigenvalue weighted by Gasteiger charge is -2.32. The molecule has 1 aromatic rings. The van der Waals surface area contributed by atoms with Gasteiger partial charge in [-0.25, -0.2) is 14.8 Å². The van der Waals surface area contributed by atoms with Crippen molar-refractivity contribution in [2.75, 3.05) is 11.4 Å². The van der Waals surface area contributed by atoms with Gasteiger partial charge in [-0.1, -0.05) is 0 Å². The number of carboxylic acid groups (broad SMARTS) is 1. The predicted molar refractivity (Wildman–Crippen MR) is 54.7 cm³/mol. The minimum absolute atomic E-state index is 0.471. The van der Waals surface area contributed by atoms with Gasteiger partial charge in [0, 0.05) is 18.9 Å². The van der Waals surface area contributed by atoms with Gasteiger partial charge in [0.05, 0.1) is 0 Å². The van der Waals surface area contributed by atoms with Crippen LogP contribution in [0.4, 0.5) is 5.95 Å². The van der Waals surface area contributed by atoms with Crippen LogP contribution in [0.15, 0.2) is 18.5 Å². The molecule has 0 aliphatic carbocycles. The molecule has 0 amide bonds. The maximum Gasteiger partial charge on any atom is 0.326 e. The number of anilines is 1. The number of carbonyl (C=O) groups is 1. The van der Waals surface area contributed by atoms with Gasteiger partial charge in [-0.3, -0.25) is 0 Å². The zero-order valence-corrected chi connectivity index (χ0v) is 8.33. The molecule has 0 radical (unpaired) electrons. The summed E-state index contributed by atoms with van der Waals surface area (Å²) in [5.41, 5.74) is 0. The summed E-state index contributed by atoms with van der Waals surface area (Å²) >= 11 is 0. The molecule has 1 saturated heterocycles. The highest BCUT2D eigenvalue weighted by Crippen LogP contribution is 2.21. The van der Waals surface area contributed by atoms with E-state index in [1.54, 1.807) is 23.4 Å². The number of nitrogens with zero attached hydrogens (tertiary/aromatic N) is 3. The fraction of sp³-hybridized carbons (Fsp3) is 0.500. The minimum atomic E-state index is -0.790. The van der Waals surface area contributed by atoms with Gasteiger partial charge in [-0.05, 0) is 25.3 Å². The molecule has 2 heterocycles. The van der Waals surface area contributed by atoms with Crippen molar-refractivity contribution in [3.8, 4) is 0 Å². The average Bonchev–Trinajstić information content (AvgIpc) is 2.30. The Hall–Kier alpha value is -1.65. The zero-order valence-electron chi connectivity index (χ0n) is 8.33. The predicted octanol–water partition coefficient (Wildman–Crippen LogP) is 0.920. The Morgan fingerprint density at radius 2 is 2.13 bits per heavy atom. The van der Waals surface area contributed by atoms with E-state index in [0.717, 1.165) is 19.4 Å². The lowest BCUT2D eigenvalue weighted by Crippen LogP contribution is -2.45. The number of aromatic nitrogens is 2. The Morgan fingerprint density at radius 3 is 2.80 bits per heavy atom. The maximum absolute atomic E-state index is 11.0. The van der Waals surface area contributed by atoms with Crippen molar-refractivity contribution in [2.45, 2.75) is 25.3 Å². The third kappa shape index (κ3) is 2.06. The Kier molecular flexibility index (Phi) is 2.80. The Morgan fingerprint density at radius 1 is 1.40 bits per heavy atom.